The molecule has 4 heteroatoms. The number of hydrogen-bond acceptors (Lipinski definition) is 4. The highest BCUT2D eigenvalue weighted by molar-refractivity contribution is 7.15. The summed E-state index contributed by atoms with van der Waals surface area (Å²) in [5.74, 6) is 0.926. The molecule has 0 aromatic carbocycles. The monoisotopic (exact) mass is 274 g/mol. The van der Waals surface area contributed by atoms with Crippen molar-refractivity contribution >= 4 is 17.2 Å². The molecule has 0 spiro atoms. The Labute approximate surface area is 117 Å². The quantitative estimate of drug-likeness (QED) is 0.925. The molecule has 2 heterocycles. The fourth-order valence-electron chi connectivity index (χ4n) is 1.85. The molecule has 100 valence electrons. The lowest BCUT2D eigenvalue weighted by Gasteiger charge is -2.20. The fourth-order valence-corrected chi connectivity index (χ4v) is 2.70. The van der Waals surface area contributed by atoms with E-state index >= 15 is 0 Å². The average molecular weight is 274 g/mol. The van der Waals surface area contributed by atoms with E-state index in [1.807, 2.05) is 44.1 Å². The van der Waals surface area contributed by atoms with Crippen molar-refractivity contribution < 1.29 is 5.11 Å². The third-order valence-corrected chi connectivity index (χ3v) is 4.16. The maximum Gasteiger partial charge on any atom is 0.135 e. The predicted molar refractivity (Wildman–Crippen MR) is 81.4 cm³/mol. The number of aromatic nitrogens is 1. The van der Waals surface area contributed by atoms with Gasteiger partial charge in [0, 0.05) is 34.3 Å². The van der Waals surface area contributed by atoms with Gasteiger partial charge in [0.05, 0.1) is 6.61 Å². The standard InChI is InChI=1S/C15H18N2OS/c1-10(2)17(4)15-11(3)7-12(8-16-15)14-6-5-13(9-18)19-14/h5-8,18H,1,9H2,2-4H3. The summed E-state index contributed by atoms with van der Waals surface area (Å²) in [4.78, 5) is 8.60. The second-order valence-electron chi connectivity index (χ2n) is 4.58. The number of rotatable bonds is 4. The SMILES string of the molecule is C=C(C)N(C)c1ncc(-c2ccc(CO)s2)cc1C. The molecule has 0 saturated heterocycles. The van der Waals surface area contributed by atoms with E-state index in [4.69, 9.17) is 5.11 Å². The van der Waals surface area contributed by atoms with Crippen LogP contribution in [0.3, 0.4) is 0 Å². The molecule has 2 rings (SSSR count). The zero-order valence-corrected chi connectivity index (χ0v) is 12.3. The Balaban J connectivity index is 2.35. The smallest absolute Gasteiger partial charge is 0.135 e. The molecule has 19 heavy (non-hydrogen) atoms. The van der Waals surface area contributed by atoms with Gasteiger partial charge in [-0.1, -0.05) is 6.58 Å². The van der Waals surface area contributed by atoms with Crippen LogP contribution in [0.4, 0.5) is 5.82 Å². The topological polar surface area (TPSA) is 36.4 Å². The van der Waals surface area contributed by atoms with Crippen LogP contribution in [-0.4, -0.2) is 17.1 Å². The summed E-state index contributed by atoms with van der Waals surface area (Å²) in [6.45, 7) is 8.03. The summed E-state index contributed by atoms with van der Waals surface area (Å²) >= 11 is 1.59. The molecule has 0 unspecified atom stereocenters. The van der Waals surface area contributed by atoms with Gasteiger partial charge in [0.1, 0.15) is 5.82 Å². The minimum absolute atomic E-state index is 0.0908. The van der Waals surface area contributed by atoms with Crippen molar-refractivity contribution in [2.75, 3.05) is 11.9 Å². The molecule has 0 amide bonds. The highest BCUT2D eigenvalue weighted by Crippen LogP contribution is 2.30. The molecule has 0 saturated carbocycles. The van der Waals surface area contributed by atoms with Crippen molar-refractivity contribution in [1.82, 2.24) is 4.98 Å². The Morgan fingerprint density at radius 2 is 2.21 bits per heavy atom. The summed E-state index contributed by atoms with van der Waals surface area (Å²) in [5, 5.41) is 9.11. The molecule has 0 aliphatic heterocycles. The van der Waals surface area contributed by atoms with Gasteiger partial charge in [0.15, 0.2) is 0 Å². The third-order valence-electron chi connectivity index (χ3n) is 3.04. The highest BCUT2D eigenvalue weighted by Gasteiger charge is 2.09. The molecule has 1 N–H and O–H groups in total. The van der Waals surface area contributed by atoms with E-state index in [9.17, 15) is 0 Å². The fraction of sp³-hybridized carbons (Fsp3) is 0.267. The number of pyridine rings is 1. The first-order valence-corrected chi connectivity index (χ1v) is 6.90. The molecule has 0 bridgehead atoms. The van der Waals surface area contributed by atoms with Crippen molar-refractivity contribution in [2.45, 2.75) is 20.5 Å². The number of hydrogen-bond donors (Lipinski definition) is 1. The van der Waals surface area contributed by atoms with Gasteiger partial charge in [-0.15, -0.1) is 11.3 Å². The first-order chi connectivity index (χ1) is 9.02. The number of aryl methyl sites for hydroxylation is 1. The van der Waals surface area contributed by atoms with Crippen molar-refractivity contribution in [3.63, 3.8) is 0 Å². The Hall–Kier alpha value is -1.65. The lowest BCUT2D eigenvalue weighted by Crippen LogP contribution is -2.15. The van der Waals surface area contributed by atoms with Crippen molar-refractivity contribution in [2.24, 2.45) is 0 Å². The minimum Gasteiger partial charge on any atom is -0.391 e. The number of nitrogens with zero attached hydrogens (tertiary/aromatic N) is 2. The number of thiophene rings is 1. The zero-order chi connectivity index (χ0) is 14.0. The van der Waals surface area contributed by atoms with E-state index in [0.29, 0.717) is 0 Å². The molecule has 3 nitrogen and oxygen atoms in total. The van der Waals surface area contributed by atoms with Crippen LogP contribution in [0.15, 0.2) is 36.7 Å². The second-order valence-corrected chi connectivity index (χ2v) is 5.75. The second kappa shape index (κ2) is 5.55. The van der Waals surface area contributed by atoms with Crippen LogP contribution in [0, 0.1) is 6.92 Å². The number of aliphatic hydroxyl groups excluding tert-OH is 1. The van der Waals surface area contributed by atoms with Gasteiger partial charge in [-0.2, -0.15) is 0 Å². The third kappa shape index (κ3) is 2.85. The van der Waals surface area contributed by atoms with Crippen molar-refractivity contribution in [1.29, 1.82) is 0 Å². The van der Waals surface area contributed by atoms with Crippen LogP contribution in [0.5, 0.6) is 0 Å². The normalized spacial score (nSPS) is 10.5. The molecule has 0 fully saturated rings. The van der Waals surface area contributed by atoms with Gasteiger partial charge >= 0.3 is 0 Å². The van der Waals surface area contributed by atoms with Gasteiger partial charge < -0.3 is 10.0 Å². The molecule has 0 radical (unpaired) electrons. The maximum absolute atomic E-state index is 9.11. The number of aliphatic hydroxyl groups is 1. The zero-order valence-electron chi connectivity index (χ0n) is 11.5. The summed E-state index contributed by atoms with van der Waals surface area (Å²) < 4.78 is 0. The maximum atomic E-state index is 9.11. The van der Waals surface area contributed by atoms with Crippen LogP contribution in [0.25, 0.3) is 10.4 Å². The van der Waals surface area contributed by atoms with E-state index in [2.05, 4.69) is 17.6 Å². The Bertz CT molecular complexity index is 604. The van der Waals surface area contributed by atoms with E-state index in [1.165, 1.54) is 0 Å². The number of allylic oxidation sites excluding steroid dienone is 1. The minimum atomic E-state index is 0.0908. The van der Waals surface area contributed by atoms with Gasteiger partial charge in [-0.05, 0) is 37.6 Å². The lowest BCUT2D eigenvalue weighted by molar-refractivity contribution is 0.285. The summed E-state index contributed by atoms with van der Waals surface area (Å²) in [6.07, 6.45) is 1.87. The van der Waals surface area contributed by atoms with E-state index in [-0.39, 0.29) is 6.61 Å². The molecular weight excluding hydrogens is 256 g/mol. The lowest BCUT2D eigenvalue weighted by atomic mass is 10.1. The van der Waals surface area contributed by atoms with Crippen molar-refractivity contribution in [3.8, 4) is 10.4 Å². The van der Waals surface area contributed by atoms with Gasteiger partial charge in [0.2, 0.25) is 0 Å². The molecule has 2 aromatic heterocycles. The van der Waals surface area contributed by atoms with Crippen LogP contribution in [0.2, 0.25) is 0 Å². The first kappa shape index (κ1) is 13.8. The van der Waals surface area contributed by atoms with Crippen LogP contribution in [0.1, 0.15) is 17.4 Å². The van der Waals surface area contributed by atoms with Gasteiger partial charge in [-0.3, -0.25) is 0 Å². The van der Waals surface area contributed by atoms with E-state index < -0.39 is 0 Å². The first-order valence-electron chi connectivity index (χ1n) is 6.08. The van der Waals surface area contributed by atoms with Crippen LogP contribution < -0.4 is 4.90 Å². The molecular formula is C15H18N2OS. The van der Waals surface area contributed by atoms with Crippen molar-refractivity contribution in [3.05, 3.63) is 47.1 Å². The average Bonchev–Trinajstić information content (AvgIpc) is 2.86. The van der Waals surface area contributed by atoms with Crippen LogP contribution >= 0.6 is 11.3 Å². The Morgan fingerprint density at radius 3 is 2.74 bits per heavy atom. The Kier molecular flexibility index (Phi) is 4.02. The number of anilines is 1. The summed E-state index contributed by atoms with van der Waals surface area (Å²) in [7, 11) is 1.96. The van der Waals surface area contributed by atoms with E-state index in [0.717, 1.165) is 32.4 Å². The summed E-state index contributed by atoms with van der Waals surface area (Å²) in [6, 6.07) is 6.09. The molecule has 0 aliphatic carbocycles. The van der Waals surface area contributed by atoms with Gasteiger partial charge in [0.25, 0.3) is 0 Å². The molecule has 0 atom stereocenters. The summed E-state index contributed by atoms with van der Waals surface area (Å²) in [5.41, 5.74) is 3.16. The van der Waals surface area contributed by atoms with Gasteiger partial charge in [-0.25, -0.2) is 4.98 Å². The largest absolute Gasteiger partial charge is 0.391 e. The van der Waals surface area contributed by atoms with Crippen LogP contribution in [-0.2, 0) is 6.61 Å². The molecule has 2 aromatic rings. The van der Waals surface area contributed by atoms with E-state index in [1.54, 1.807) is 11.3 Å². The Morgan fingerprint density at radius 1 is 1.47 bits per heavy atom. The highest BCUT2D eigenvalue weighted by atomic mass is 32.1. The predicted octanol–water partition coefficient (Wildman–Crippen LogP) is 3.58. The molecule has 0 aliphatic rings.